The van der Waals surface area contributed by atoms with Crippen LogP contribution in [-0.2, 0) is 12.4 Å². The molecule has 14 heteroatoms. The fourth-order valence-electron chi connectivity index (χ4n) is 1.81. The first kappa shape index (κ1) is 27.7. The van der Waals surface area contributed by atoms with E-state index in [1.807, 2.05) is 0 Å². The van der Waals surface area contributed by atoms with Crippen molar-refractivity contribution in [1.29, 1.82) is 0 Å². The standard InChI is InChI=1S/C8H4BrF3O2.C8H5F3O2.BHNS/c9-5-1-4(3-13)7(14)6(2-5)8(10,11)12;9-8(10,11)6-3-1-2-5(4-12)7(6)13;1-2-3/h1-3,14H;1-4,13H;3H. The third kappa shape index (κ3) is 8.18. The van der Waals surface area contributed by atoms with Gasteiger partial charge in [0.25, 0.3) is 0 Å². The summed E-state index contributed by atoms with van der Waals surface area (Å²) in [5.41, 5.74) is -3.19. The number of phenols is 2. The van der Waals surface area contributed by atoms with Gasteiger partial charge in [0.2, 0.25) is 0 Å². The van der Waals surface area contributed by atoms with E-state index in [9.17, 15) is 35.9 Å². The molecular formula is C16H10BBrF6NO4S. The molecule has 0 aliphatic heterocycles. The van der Waals surface area contributed by atoms with Gasteiger partial charge < -0.3 is 10.2 Å². The Hall–Kier alpha value is -2.35. The SMILES string of the molecule is O=Cc1cc(Br)cc(C(F)(F)F)c1O.O=Cc1cccc(C(F)(F)F)c1O.[B]=NS. The van der Waals surface area contributed by atoms with Gasteiger partial charge in [0.05, 0.1) is 22.3 Å². The molecule has 0 bridgehead atoms. The molecule has 0 spiro atoms. The molecule has 2 aromatic rings. The van der Waals surface area contributed by atoms with Crippen LogP contribution >= 0.6 is 28.7 Å². The summed E-state index contributed by atoms with van der Waals surface area (Å²) >= 11 is 6.00. The average molecular weight is 517 g/mol. The van der Waals surface area contributed by atoms with Gasteiger partial charge in [0.15, 0.2) is 12.6 Å². The van der Waals surface area contributed by atoms with Crippen LogP contribution in [-0.4, -0.2) is 30.4 Å². The van der Waals surface area contributed by atoms with Crippen molar-refractivity contribution in [2.75, 3.05) is 0 Å². The Kier molecular flexibility index (Phi) is 10.8. The molecule has 0 aromatic heterocycles. The zero-order valence-corrected chi connectivity index (χ0v) is 16.9. The minimum atomic E-state index is -4.67. The van der Waals surface area contributed by atoms with Crippen molar-refractivity contribution in [3.63, 3.8) is 0 Å². The number of benzene rings is 2. The number of hydrogen-bond donors (Lipinski definition) is 3. The molecule has 2 N–H and O–H groups in total. The van der Waals surface area contributed by atoms with E-state index in [0.717, 1.165) is 18.2 Å². The number of para-hydroxylation sites is 1. The molecule has 0 heterocycles. The van der Waals surface area contributed by atoms with Gasteiger partial charge >= 0.3 is 37.1 Å². The van der Waals surface area contributed by atoms with Crippen LogP contribution in [0.15, 0.2) is 39.1 Å². The fraction of sp³-hybridized carbons (Fsp3) is 0.125. The fourth-order valence-corrected chi connectivity index (χ4v) is 2.29. The van der Waals surface area contributed by atoms with Crippen LogP contribution in [0.2, 0.25) is 0 Å². The summed E-state index contributed by atoms with van der Waals surface area (Å²) in [5.74, 6) is -2.07. The van der Waals surface area contributed by atoms with Crippen molar-refractivity contribution < 1.29 is 46.1 Å². The summed E-state index contributed by atoms with van der Waals surface area (Å²) in [5, 5.41) is 18.0. The van der Waals surface area contributed by atoms with Crippen molar-refractivity contribution in [2.24, 2.45) is 4.30 Å². The van der Waals surface area contributed by atoms with Crippen LogP contribution in [0.3, 0.4) is 0 Å². The zero-order valence-electron chi connectivity index (χ0n) is 14.4. The van der Waals surface area contributed by atoms with Crippen LogP contribution in [0, 0.1) is 0 Å². The molecule has 0 saturated heterocycles. The summed E-state index contributed by atoms with van der Waals surface area (Å²) in [6, 6.07) is 4.70. The number of rotatable bonds is 2. The molecule has 0 fully saturated rings. The number of carbonyl (C=O) groups excluding carboxylic acids is 2. The first-order valence-corrected chi connectivity index (χ1v) is 8.37. The van der Waals surface area contributed by atoms with E-state index >= 15 is 0 Å². The molecule has 0 saturated carbocycles. The summed E-state index contributed by atoms with van der Waals surface area (Å²) in [7, 11) is 4.34. The minimum absolute atomic E-state index is 0.0877. The zero-order chi connectivity index (χ0) is 23.7. The average Bonchev–Trinajstić information content (AvgIpc) is 2.63. The second-order valence-electron chi connectivity index (χ2n) is 4.98. The van der Waals surface area contributed by atoms with Gasteiger partial charge in [-0.2, -0.15) is 26.3 Å². The van der Waals surface area contributed by atoms with Crippen LogP contribution in [0.1, 0.15) is 31.8 Å². The molecule has 0 unspecified atom stereocenters. The van der Waals surface area contributed by atoms with Gasteiger partial charge in [-0.15, -0.1) is 0 Å². The molecule has 0 atom stereocenters. The number of nitrogens with zero attached hydrogens (tertiary/aromatic N) is 1. The van der Waals surface area contributed by atoms with E-state index < -0.39 is 40.5 Å². The van der Waals surface area contributed by atoms with E-state index in [4.69, 9.17) is 10.2 Å². The predicted molar refractivity (Wildman–Crippen MR) is 102 cm³/mol. The Bertz CT molecular complexity index is 909. The van der Waals surface area contributed by atoms with Crippen LogP contribution in [0.4, 0.5) is 26.3 Å². The number of aldehydes is 2. The number of phenolic OH excluding ortho intramolecular Hbond substituents is 2. The molecule has 5 nitrogen and oxygen atoms in total. The van der Waals surface area contributed by atoms with E-state index in [1.54, 1.807) is 0 Å². The maximum absolute atomic E-state index is 12.2. The molecule has 30 heavy (non-hydrogen) atoms. The molecule has 0 aliphatic rings. The Balaban J connectivity index is 0.000000497. The Labute approximate surface area is 180 Å². The van der Waals surface area contributed by atoms with Crippen molar-refractivity contribution >= 4 is 49.0 Å². The monoisotopic (exact) mass is 516 g/mol. The van der Waals surface area contributed by atoms with Crippen LogP contribution < -0.4 is 0 Å². The van der Waals surface area contributed by atoms with Crippen molar-refractivity contribution in [2.45, 2.75) is 12.4 Å². The van der Waals surface area contributed by atoms with Gasteiger partial charge in [0, 0.05) is 4.47 Å². The third-order valence-corrected chi connectivity index (χ3v) is 3.49. The number of thiol groups is 1. The first-order chi connectivity index (χ1) is 13.7. The van der Waals surface area contributed by atoms with Crippen molar-refractivity contribution in [3.8, 4) is 11.5 Å². The molecule has 161 valence electrons. The van der Waals surface area contributed by atoms with Crippen molar-refractivity contribution in [3.05, 3.63) is 57.1 Å². The molecular weight excluding hydrogens is 507 g/mol. The Morgan fingerprint density at radius 3 is 1.73 bits per heavy atom. The van der Waals surface area contributed by atoms with Gasteiger partial charge in [0.1, 0.15) is 11.5 Å². The van der Waals surface area contributed by atoms with E-state index in [-0.39, 0.29) is 22.6 Å². The van der Waals surface area contributed by atoms with Gasteiger partial charge in [-0.25, -0.2) is 0 Å². The summed E-state index contributed by atoms with van der Waals surface area (Å²) in [6.45, 7) is 0. The van der Waals surface area contributed by atoms with Gasteiger partial charge in [-0.3, -0.25) is 9.59 Å². The molecule has 2 aromatic carbocycles. The number of halogens is 7. The maximum atomic E-state index is 12.2. The van der Waals surface area contributed by atoms with E-state index in [1.165, 1.54) is 0 Å². The first-order valence-electron chi connectivity index (χ1n) is 7.18. The van der Waals surface area contributed by atoms with Crippen LogP contribution in [0.5, 0.6) is 11.5 Å². The van der Waals surface area contributed by atoms with Gasteiger partial charge in [-0.1, -0.05) is 22.0 Å². The normalized spacial score (nSPS) is 10.6. The molecule has 0 amide bonds. The Morgan fingerprint density at radius 2 is 1.33 bits per heavy atom. The van der Waals surface area contributed by atoms with E-state index in [2.05, 4.69) is 40.7 Å². The van der Waals surface area contributed by atoms with Gasteiger partial charge in [-0.05, 0) is 24.3 Å². The Morgan fingerprint density at radius 1 is 0.900 bits per heavy atom. The summed E-state index contributed by atoms with van der Waals surface area (Å²) < 4.78 is 75.8. The number of carbonyl (C=O) groups is 2. The number of aromatic hydroxyl groups is 2. The number of hydrogen-bond acceptors (Lipinski definition) is 6. The molecule has 0 aliphatic carbocycles. The third-order valence-electron chi connectivity index (χ3n) is 3.04. The van der Waals surface area contributed by atoms with E-state index in [0.29, 0.717) is 12.1 Å². The topological polar surface area (TPSA) is 87.0 Å². The predicted octanol–water partition coefficient (Wildman–Crippen LogP) is 5.39. The second kappa shape index (κ2) is 11.7. The number of alkyl halides is 6. The quantitative estimate of drug-likeness (QED) is 0.216. The second-order valence-corrected chi connectivity index (χ2v) is 6.13. The van der Waals surface area contributed by atoms with Crippen LogP contribution in [0.25, 0.3) is 0 Å². The molecule has 1 radical (unpaired) electrons. The summed E-state index contributed by atoms with van der Waals surface area (Å²) in [6.07, 6.45) is -8.98. The summed E-state index contributed by atoms with van der Waals surface area (Å²) in [4.78, 5) is 20.5. The van der Waals surface area contributed by atoms with Crippen molar-refractivity contribution in [1.82, 2.24) is 0 Å². The molecule has 2 rings (SSSR count).